The lowest BCUT2D eigenvalue weighted by Gasteiger charge is -2.15. The number of nitrogens with one attached hydrogen (secondary N) is 1. The fraction of sp³-hybridized carbons (Fsp3) is 0.417. The molecular formula is C12H18N2O3. The molecular weight excluding hydrogens is 220 g/mol. The summed E-state index contributed by atoms with van der Waals surface area (Å²) in [5.41, 5.74) is 7.88. The summed E-state index contributed by atoms with van der Waals surface area (Å²) in [6.45, 7) is 0. The zero-order chi connectivity index (χ0) is 12.8. The Kier molecular flexibility index (Phi) is 4.93. The predicted molar refractivity (Wildman–Crippen MR) is 65.8 cm³/mol. The third-order valence-electron chi connectivity index (χ3n) is 2.55. The molecule has 1 rings (SSSR count). The van der Waals surface area contributed by atoms with Gasteiger partial charge in [0.15, 0.2) is 6.29 Å². The van der Waals surface area contributed by atoms with Crippen molar-refractivity contribution >= 4 is 11.6 Å². The summed E-state index contributed by atoms with van der Waals surface area (Å²) in [7, 11) is 4.73. The van der Waals surface area contributed by atoms with E-state index in [1.54, 1.807) is 33.4 Å². The van der Waals surface area contributed by atoms with Crippen molar-refractivity contribution in [2.45, 2.75) is 12.7 Å². The van der Waals surface area contributed by atoms with Gasteiger partial charge in [-0.25, -0.2) is 0 Å². The number of rotatable bonds is 5. The summed E-state index contributed by atoms with van der Waals surface area (Å²) >= 11 is 0. The summed E-state index contributed by atoms with van der Waals surface area (Å²) in [4.78, 5) is 11.4. The highest BCUT2D eigenvalue weighted by atomic mass is 16.7. The molecule has 0 unspecified atom stereocenters. The molecule has 0 aliphatic rings. The number of methoxy groups -OCH3 is 2. The molecule has 0 atom stereocenters. The van der Waals surface area contributed by atoms with Crippen LogP contribution >= 0.6 is 0 Å². The Balaban J connectivity index is 2.86. The predicted octanol–water partition coefficient (Wildman–Crippen LogP) is 0.790. The van der Waals surface area contributed by atoms with Crippen LogP contribution in [0.2, 0.25) is 0 Å². The Bertz CT molecular complexity index is 389. The minimum absolute atomic E-state index is 0.154. The second-order valence-electron chi connectivity index (χ2n) is 3.60. The third kappa shape index (κ3) is 3.44. The van der Waals surface area contributed by atoms with Crippen molar-refractivity contribution in [2.75, 3.05) is 27.0 Å². The maximum Gasteiger partial charge on any atom is 0.251 e. The fourth-order valence-electron chi connectivity index (χ4n) is 1.51. The quantitative estimate of drug-likeness (QED) is 0.587. The molecule has 1 aromatic carbocycles. The smallest absolute Gasteiger partial charge is 0.251 e. The van der Waals surface area contributed by atoms with Crippen LogP contribution in [0.1, 0.15) is 15.9 Å². The molecule has 0 heterocycles. The number of hydrogen-bond acceptors (Lipinski definition) is 4. The number of nitrogen functional groups attached to an aromatic ring is 1. The molecule has 1 amide bonds. The Hall–Kier alpha value is -1.59. The molecule has 94 valence electrons. The van der Waals surface area contributed by atoms with E-state index in [0.29, 0.717) is 17.7 Å². The van der Waals surface area contributed by atoms with Gasteiger partial charge in [0.1, 0.15) is 0 Å². The molecule has 0 saturated heterocycles. The third-order valence-corrected chi connectivity index (χ3v) is 2.55. The van der Waals surface area contributed by atoms with Crippen molar-refractivity contribution in [1.29, 1.82) is 0 Å². The largest absolute Gasteiger partial charge is 0.398 e. The molecule has 17 heavy (non-hydrogen) atoms. The molecule has 5 heteroatoms. The van der Waals surface area contributed by atoms with Crippen LogP contribution < -0.4 is 11.1 Å². The lowest BCUT2D eigenvalue weighted by Crippen LogP contribution is -2.19. The van der Waals surface area contributed by atoms with Crippen LogP contribution in [0.15, 0.2) is 18.2 Å². The number of ether oxygens (including phenoxy) is 2. The number of anilines is 1. The topological polar surface area (TPSA) is 73.6 Å². The first kappa shape index (κ1) is 13.5. The van der Waals surface area contributed by atoms with Crippen molar-refractivity contribution in [3.63, 3.8) is 0 Å². The standard InChI is InChI=1S/C12H18N2O3/c1-14-12(15)9-5-4-8(10(13)6-9)7-11(16-2)17-3/h4-6,11H,7,13H2,1-3H3,(H,14,15). The molecule has 0 aliphatic carbocycles. The SMILES string of the molecule is CNC(=O)c1ccc(CC(OC)OC)c(N)c1. The van der Waals surface area contributed by atoms with Crippen molar-refractivity contribution in [3.8, 4) is 0 Å². The molecule has 1 aromatic rings. The summed E-state index contributed by atoms with van der Waals surface area (Å²) in [5.74, 6) is -0.154. The van der Waals surface area contributed by atoms with E-state index in [1.165, 1.54) is 0 Å². The summed E-state index contributed by atoms with van der Waals surface area (Å²) in [5, 5.41) is 2.55. The van der Waals surface area contributed by atoms with Crippen LogP contribution in [0.4, 0.5) is 5.69 Å². The van der Waals surface area contributed by atoms with E-state index in [4.69, 9.17) is 15.2 Å². The van der Waals surface area contributed by atoms with Crippen LogP contribution in [0.5, 0.6) is 0 Å². The van der Waals surface area contributed by atoms with Crippen LogP contribution in [0.3, 0.4) is 0 Å². The first-order valence-corrected chi connectivity index (χ1v) is 5.28. The van der Waals surface area contributed by atoms with Gasteiger partial charge in [-0.3, -0.25) is 4.79 Å². The highest BCUT2D eigenvalue weighted by Crippen LogP contribution is 2.17. The molecule has 0 spiro atoms. The average molecular weight is 238 g/mol. The zero-order valence-electron chi connectivity index (χ0n) is 10.3. The number of amides is 1. The van der Waals surface area contributed by atoms with Crippen LogP contribution in [0, 0.1) is 0 Å². The Morgan fingerprint density at radius 3 is 2.53 bits per heavy atom. The van der Waals surface area contributed by atoms with E-state index in [2.05, 4.69) is 5.32 Å². The number of carbonyl (C=O) groups excluding carboxylic acids is 1. The van der Waals surface area contributed by atoms with Gasteiger partial charge in [0, 0.05) is 38.9 Å². The number of carbonyl (C=O) groups is 1. The summed E-state index contributed by atoms with van der Waals surface area (Å²) < 4.78 is 10.2. The fourth-order valence-corrected chi connectivity index (χ4v) is 1.51. The van der Waals surface area contributed by atoms with Crippen LogP contribution in [-0.4, -0.2) is 33.5 Å². The Labute approximate surface area is 101 Å². The van der Waals surface area contributed by atoms with E-state index in [0.717, 1.165) is 5.56 Å². The molecule has 0 fully saturated rings. The maximum atomic E-state index is 11.4. The van der Waals surface area contributed by atoms with Crippen molar-refractivity contribution in [3.05, 3.63) is 29.3 Å². The van der Waals surface area contributed by atoms with Crippen LogP contribution in [-0.2, 0) is 15.9 Å². The average Bonchev–Trinajstić information content (AvgIpc) is 2.36. The van der Waals surface area contributed by atoms with Gasteiger partial charge >= 0.3 is 0 Å². The first-order valence-electron chi connectivity index (χ1n) is 5.28. The number of nitrogens with two attached hydrogens (primary N) is 1. The van der Waals surface area contributed by atoms with Gasteiger partial charge in [-0.1, -0.05) is 6.07 Å². The van der Waals surface area contributed by atoms with E-state index >= 15 is 0 Å². The minimum atomic E-state index is -0.330. The number of benzene rings is 1. The molecule has 0 saturated carbocycles. The lowest BCUT2D eigenvalue weighted by atomic mass is 10.1. The normalized spacial score (nSPS) is 10.6. The van der Waals surface area contributed by atoms with Gasteiger partial charge in [-0.2, -0.15) is 0 Å². The lowest BCUT2D eigenvalue weighted by molar-refractivity contribution is -0.100. The van der Waals surface area contributed by atoms with Gasteiger partial charge in [-0.05, 0) is 17.7 Å². The summed E-state index contributed by atoms with van der Waals surface area (Å²) in [6.07, 6.45) is 0.218. The maximum absolute atomic E-state index is 11.4. The minimum Gasteiger partial charge on any atom is -0.398 e. The number of hydrogen-bond donors (Lipinski definition) is 2. The monoisotopic (exact) mass is 238 g/mol. The summed E-state index contributed by atoms with van der Waals surface area (Å²) in [6, 6.07) is 5.19. The second-order valence-corrected chi connectivity index (χ2v) is 3.60. The van der Waals surface area contributed by atoms with Gasteiger partial charge in [0.05, 0.1) is 0 Å². The first-order chi connectivity index (χ1) is 8.12. The van der Waals surface area contributed by atoms with Crippen molar-refractivity contribution in [2.24, 2.45) is 0 Å². The molecule has 0 aromatic heterocycles. The molecule has 5 nitrogen and oxygen atoms in total. The van der Waals surface area contributed by atoms with E-state index in [9.17, 15) is 4.79 Å². The highest BCUT2D eigenvalue weighted by molar-refractivity contribution is 5.95. The van der Waals surface area contributed by atoms with E-state index in [-0.39, 0.29) is 12.2 Å². The molecule has 0 radical (unpaired) electrons. The van der Waals surface area contributed by atoms with Crippen LogP contribution in [0.25, 0.3) is 0 Å². The zero-order valence-corrected chi connectivity index (χ0v) is 10.3. The molecule has 3 N–H and O–H groups in total. The highest BCUT2D eigenvalue weighted by Gasteiger charge is 2.11. The van der Waals surface area contributed by atoms with Gasteiger partial charge in [-0.15, -0.1) is 0 Å². The molecule has 0 bridgehead atoms. The van der Waals surface area contributed by atoms with Gasteiger partial charge in [0.2, 0.25) is 0 Å². The Morgan fingerprint density at radius 1 is 1.41 bits per heavy atom. The van der Waals surface area contributed by atoms with E-state index < -0.39 is 0 Å². The van der Waals surface area contributed by atoms with Crippen molar-refractivity contribution < 1.29 is 14.3 Å². The van der Waals surface area contributed by atoms with E-state index in [1.807, 2.05) is 6.07 Å². The van der Waals surface area contributed by atoms with Crippen molar-refractivity contribution in [1.82, 2.24) is 5.32 Å². The van der Waals surface area contributed by atoms with Gasteiger partial charge in [0.25, 0.3) is 5.91 Å². The molecule has 0 aliphatic heterocycles. The van der Waals surface area contributed by atoms with Gasteiger partial charge < -0.3 is 20.5 Å². The second kappa shape index (κ2) is 6.22. The Morgan fingerprint density at radius 2 is 2.06 bits per heavy atom.